The summed E-state index contributed by atoms with van der Waals surface area (Å²) in [6.07, 6.45) is -3.71. The highest BCUT2D eigenvalue weighted by Gasteiger charge is 2.31. The lowest BCUT2D eigenvalue weighted by Gasteiger charge is -2.39. The SMILES string of the molecule is CCOc1ccc([C@@H]2CN(Cc3ccccc3)CC[C@@H]2NCc2ccc(OC(F)(F)F)cc2)cc1. The molecule has 0 saturated carbocycles. The van der Waals surface area contributed by atoms with Gasteiger partial charge >= 0.3 is 6.36 Å². The summed E-state index contributed by atoms with van der Waals surface area (Å²) in [6, 6.07) is 25.1. The van der Waals surface area contributed by atoms with Crippen LogP contribution in [0.1, 0.15) is 36.0 Å². The molecule has 4 rings (SSSR count). The molecule has 0 aliphatic carbocycles. The van der Waals surface area contributed by atoms with Gasteiger partial charge in [-0.1, -0.05) is 54.6 Å². The van der Waals surface area contributed by atoms with E-state index in [0.717, 1.165) is 37.4 Å². The molecule has 1 saturated heterocycles. The molecule has 0 spiro atoms. The Balaban J connectivity index is 1.44. The van der Waals surface area contributed by atoms with Crippen LogP contribution in [-0.2, 0) is 13.1 Å². The fourth-order valence-corrected chi connectivity index (χ4v) is 4.62. The summed E-state index contributed by atoms with van der Waals surface area (Å²) in [5, 5.41) is 3.66. The second-order valence-corrected chi connectivity index (χ2v) is 8.80. The van der Waals surface area contributed by atoms with Crippen molar-refractivity contribution in [2.75, 3.05) is 19.7 Å². The molecule has 3 aromatic rings. The summed E-state index contributed by atoms with van der Waals surface area (Å²) in [6.45, 7) is 5.96. The summed E-state index contributed by atoms with van der Waals surface area (Å²) in [4.78, 5) is 2.48. The van der Waals surface area contributed by atoms with Crippen molar-refractivity contribution >= 4 is 0 Å². The highest BCUT2D eigenvalue weighted by Crippen LogP contribution is 2.30. The van der Waals surface area contributed by atoms with E-state index < -0.39 is 6.36 Å². The third-order valence-corrected chi connectivity index (χ3v) is 6.29. The molecule has 4 nitrogen and oxygen atoms in total. The van der Waals surface area contributed by atoms with Gasteiger partial charge in [0.25, 0.3) is 0 Å². The monoisotopic (exact) mass is 484 g/mol. The molecular formula is C28H31F3N2O2. The van der Waals surface area contributed by atoms with E-state index in [9.17, 15) is 13.2 Å². The van der Waals surface area contributed by atoms with E-state index >= 15 is 0 Å². The van der Waals surface area contributed by atoms with Crippen LogP contribution in [0.2, 0.25) is 0 Å². The standard InChI is InChI=1S/C28H31F3N2O2/c1-2-34-24-14-10-23(11-15-24)26-20-33(19-22-6-4-3-5-7-22)17-16-27(26)32-18-21-8-12-25(13-9-21)35-28(29,30)31/h3-15,26-27,32H,2,16-20H2,1H3/t26-,27-/m0/s1. The lowest BCUT2D eigenvalue weighted by molar-refractivity contribution is -0.274. The first-order valence-corrected chi connectivity index (χ1v) is 12.0. The molecule has 0 amide bonds. The van der Waals surface area contributed by atoms with Crippen molar-refractivity contribution in [2.45, 2.75) is 44.8 Å². The van der Waals surface area contributed by atoms with E-state index in [2.05, 4.69) is 51.4 Å². The Labute approximate surface area is 204 Å². The molecule has 1 heterocycles. The van der Waals surface area contributed by atoms with Crippen molar-refractivity contribution in [1.29, 1.82) is 0 Å². The summed E-state index contributed by atoms with van der Waals surface area (Å²) in [5.74, 6) is 0.928. The van der Waals surface area contributed by atoms with E-state index in [1.165, 1.54) is 23.3 Å². The van der Waals surface area contributed by atoms with Gasteiger partial charge in [0.2, 0.25) is 0 Å². The fourth-order valence-electron chi connectivity index (χ4n) is 4.62. The van der Waals surface area contributed by atoms with Crippen molar-refractivity contribution in [3.63, 3.8) is 0 Å². The van der Waals surface area contributed by atoms with Crippen LogP contribution in [0.3, 0.4) is 0 Å². The van der Waals surface area contributed by atoms with E-state index in [4.69, 9.17) is 4.74 Å². The van der Waals surface area contributed by atoms with Gasteiger partial charge in [-0.15, -0.1) is 13.2 Å². The van der Waals surface area contributed by atoms with Crippen LogP contribution in [0.4, 0.5) is 13.2 Å². The predicted molar refractivity (Wildman–Crippen MR) is 130 cm³/mol. The van der Waals surface area contributed by atoms with E-state index in [1.807, 2.05) is 25.1 Å². The maximum absolute atomic E-state index is 12.4. The van der Waals surface area contributed by atoms with Gasteiger partial charge in [0.1, 0.15) is 11.5 Å². The molecule has 0 aromatic heterocycles. The van der Waals surface area contributed by atoms with Crippen LogP contribution in [0.25, 0.3) is 0 Å². The van der Waals surface area contributed by atoms with Crippen LogP contribution in [0.5, 0.6) is 11.5 Å². The Morgan fingerprint density at radius 1 is 0.886 bits per heavy atom. The van der Waals surface area contributed by atoms with Gasteiger partial charge in [-0.25, -0.2) is 0 Å². The van der Waals surface area contributed by atoms with E-state index in [1.54, 1.807) is 12.1 Å². The van der Waals surface area contributed by atoms with Gasteiger partial charge in [0.15, 0.2) is 0 Å². The third kappa shape index (κ3) is 7.47. The van der Waals surface area contributed by atoms with Crippen LogP contribution in [0.15, 0.2) is 78.9 Å². The number of hydrogen-bond donors (Lipinski definition) is 1. The zero-order chi connectivity index (χ0) is 24.7. The van der Waals surface area contributed by atoms with Crippen molar-refractivity contribution < 1.29 is 22.6 Å². The minimum Gasteiger partial charge on any atom is -0.494 e. The maximum Gasteiger partial charge on any atom is 0.573 e. The molecule has 0 bridgehead atoms. The summed E-state index contributed by atoms with van der Waals surface area (Å²) in [5.41, 5.74) is 3.46. The second kappa shape index (κ2) is 11.6. The number of hydrogen-bond acceptors (Lipinski definition) is 4. The summed E-state index contributed by atoms with van der Waals surface area (Å²) in [7, 11) is 0. The Hall–Kier alpha value is -3.03. The molecular weight excluding hydrogens is 453 g/mol. The molecule has 0 radical (unpaired) electrons. The van der Waals surface area contributed by atoms with Gasteiger partial charge < -0.3 is 14.8 Å². The highest BCUT2D eigenvalue weighted by molar-refractivity contribution is 5.32. The minimum absolute atomic E-state index is 0.206. The van der Waals surface area contributed by atoms with E-state index in [-0.39, 0.29) is 17.7 Å². The van der Waals surface area contributed by atoms with Gasteiger partial charge in [-0.2, -0.15) is 0 Å². The van der Waals surface area contributed by atoms with E-state index in [0.29, 0.717) is 13.2 Å². The minimum atomic E-state index is -4.68. The molecule has 2 atom stereocenters. The molecule has 35 heavy (non-hydrogen) atoms. The van der Waals surface area contributed by atoms with Crippen molar-refractivity contribution in [3.05, 3.63) is 95.6 Å². The number of benzene rings is 3. The topological polar surface area (TPSA) is 33.7 Å². The summed E-state index contributed by atoms with van der Waals surface area (Å²) < 4.78 is 46.9. The molecule has 7 heteroatoms. The highest BCUT2D eigenvalue weighted by atomic mass is 19.4. The molecule has 186 valence electrons. The molecule has 1 fully saturated rings. The fraction of sp³-hybridized carbons (Fsp3) is 0.357. The Kier molecular flexibility index (Phi) is 8.31. The van der Waals surface area contributed by atoms with Gasteiger partial charge in [0.05, 0.1) is 6.61 Å². The number of ether oxygens (including phenoxy) is 2. The first kappa shape index (κ1) is 25.1. The zero-order valence-electron chi connectivity index (χ0n) is 19.8. The molecule has 0 unspecified atom stereocenters. The number of rotatable bonds is 9. The van der Waals surface area contributed by atoms with Crippen molar-refractivity contribution in [2.24, 2.45) is 0 Å². The number of nitrogens with zero attached hydrogens (tertiary/aromatic N) is 1. The largest absolute Gasteiger partial charge is 0.573 e. The number of likely N-dealkylation sites (tertiary alicyclic amines) is 1. The number of halogens is 3. The zero-order valence-corrected chi connectivity index (χ0v) is 19.8. The first-order valence-electron chi connectivity index (χ1n) is 12.0. The van der Waals surface area contributed by atoms with Gasteiger partial charge in [0, 0.05) is 38.1 Å². The number of nitrogens with one attached hydrogen (secondary N) is 1. The summed E-state index contributed by atoms with van der Waals surface area (Å²) >= 11 is 0. The molecule has 1 aliphatic rings. The number of alkyl halides is 3. The maximum atomic E-state index is 12.4. The molecule has 3 aromatic carbocycles. The van der Waals surface area contributed by atoms with Crippen molar-refractivity contribution in [1.82, 2.24) is 10.2 Å². The van der Waals surface area contributed by atoms with Crippen LogP contribution in [-0.4, -0.2) is 37.0 Å². The van der Waals surface area contributed by atoms with Crippen LogP contribution >= 0.6 is 0 Å². The predicted octanol–water partition coefficient (Wildman–Crippen LogP) is 6.13. The Morgan fingerprint density at radius 3 is 2.23 bits per heavy atom. The smallest absolute Gasteiger partial charge is 0.494 e. The van der Waals surface area contributed by atoms with Crippen molar-refractivity contribution in [3.8, 4) is 11.5 Å². The lowest BCUT2D eigenvalue weighted by atomic mass is 9.85. The third-order valence-electron chi connectivity index (χ3n) is 6.29. The first-order chi connectivity index (χ1) is 16.9. The second-order valence-electron chi connectivity index (χ2n) is 8.80. The average Bonchev–Trinajstić information content (AvgIpc) is 2.84. The lowest BCUT2D eigenvalue weighted by Crippen LogP contribution is -2.47. The van der Waals surface area contributed by atoms with Gasteiger partial charge in [-0.05, 0) is 54.3 Å². The molecule has 1 N–H and O–H groups in total. The Morgan fingerprint density at radius 2 is 1.57 bits per heavy atom. The van der Waals surface area contributed by atoms with Crippen LogP contribution in [0, 0.1) is 0 Å². The quantitative estimate of drug-likeness (QED) is 0.396. The normalized spacial score (nSPS) is 18.9. The van der Waals surface area contributed by atoms with Crippen LogP contribution < -0.4 is 14.8 Å². The number of piperidine rings is 1. The molecule has 1 aliphatic heterocycles. The average molecular weight is 485 g/mol. The Bertz CT molecular complexity index is 1040. The van der Waals surface area contributed by atoms with Gasteiger partial charge in [-0.3, -0.25) is 4.90 Å².